The van der Waals surface area contributed by atoms with Crippen LogP contribution in [0.15, 0.2) is 53.0 Å². The molecule has 0 saturated carbocycles. The molecule has 2 nitrogen and oxygen atoms in total. The molecule has 0 fully saturated rings. The third-order valence-electron chi connectivity index (χ3n) is 3.19. The first-order valence-corrected chi connectivity index (χ1v) is 7.62. The predicted molar refractivity (Wildman–Crippen MR) is 87.1 cm³/mol. The minimum atomic E-state index is 0.133. The molecular formula is C17H20BrNO. The third kappa shape index (κ3) is 4.99. The molecule has 2 N–H and O–H groups in total. The highest BCUT2D eigenvalue weighted by Gasteiger charge is 2.04. The van der Waals surface area contributed by atoms with Crippen LogP contribution in [-0.2, 0) is 6.42 Å². The molecule has 2 rings (SSSR count). The number of rotatable bonds is 6. The van der Waals surface area contributed by atoms with E-state index < -0.39 is 0 Å². The zero-order valence-corrected chi connectivity index (χ0v) is 13.3. The summed E-state index contributed by atoms with van der Waals surface area (Å²) in [5.74, 6) is 0.885. The van der Waals surface area contributed by atoms with Gasteiger partial charge in [0.05, 0.1) is 6.61 Å². The monoisotopic (exact) mass is 333 g/mol. The van der Waals surface area contributed by atoms with E-state index in [1.165, 1.54) is 11.1 Å². The summed E-state index contributed by atoms with van der Waals surface area (Å²) in [7, 11) is 0. The van der Waals surface area contributed by atoms with Crippen molar-refractivity contribution in [3.63, 3.8) is 0 Å². The van der Waals surface area contributed by atoms with Gasteiger partial charge in [0.2, 0.25) is 0 Å². The third-order valence-corrected chi connectivity index (χ3v) is 3.72. The van der Waals surface area contributed by atoms with Crippen LogP contribution in [0.4, 0.5) is 0 Å². The Morgan fingerprint density at radius 2 is 1.70 bits per heavy atom. The van der Waals surface area contributed by atoms with Crippen LogP contribution in [0.2, 0.25) is 0 Å². The van der Waals surface area contributed by atoms with Crippen LogP contribution >= 0.6 is 15.9 Å². The zero-order valence-electron chi connectivity index (χ0n) is 11.7. The molecule has 0 amide bonds. The van der Waals surface area contributed by atoms with Gasteiger partial charge in [-0.15, -0.1) is 0 Å². The Morgan fingerprint density at radius 3 is 2.35 bits per heavy atom. The minimum Gasteiger partial charge on any atom is -0.494 e. The van der Waals surface area contributed by atoms with Gasteiger partial charge in [0, 0.05) is 10.5 Å². The van der Waals surface area contributed by atoms with Crippen LogP contribution in [-0.4, -0.2) is 12.6 Å². The van der Waals surface area contributed by atoms with E-state index in [1.54, 1.807) is 0 Å². The number of ether oxygens (including phenoxy) is 1. The summed E-state index contributed by atoms with van der Waals surface area (Å²) in [6.07, 6.45) is 1.74. The van der Waals surface area contributed by atoms with Gasteiger partial charge < -0.3 is 10.5 Å². The fraction of sp³-hybridized carbons (Fsp3) is 0.294. The Morgan fingerprint density at radius 1 is 1.05 bits per heavy atom. The van der Waals surface area contributed by atoms with E-state index in [9.17, 15) is 0 Å². The summed E-state index contributed by atoms with van der Waals surface area (Å²) in [4.78, 5) is 0. The standard InChI is InChI=1S/C17H20BrNO/c1-13-2-4-14(5-3-13)12-16(19)10-11-20-17-8-6-15(18)7-9-17/h2-9,16H,10-12,19H2,1H3. The first kappa shape index (κ1) is 15.1. The quantitative estimate of drug-likeness (QED) is 0.863. The fourth-order valence-electron chi connectivity index (χ4n) is 1.99. The number of benzene rings is 2. The molecule has 0 aliphatic carbocycles. The summed E-state index contributed by atoms with van der Waals surface area (Å²) < 4.78 is 6.74. The second kappa shape index (κ2) is 7.46. The SMILES string of the molecule is Cc1ccc(CC(N)CCOc2ccc(Br)cc2)cc1. The molecule has 0 bridgehead atoms. The van der Waals surface area contributed by atoms with Crippen molar-refractivity contribution in [1.29, 1.82) is 0 Å². The molecule has 3 heteroatoms. The Balaban J connectivity index is 1.73. The Labute approximate surface area is 129 Å². The van der Waals surface area contributed by atoms with Gasteiger partial charge in [-0.2, -0.15) is 0 Å². The molecule has 0 spiro atoms. The summed E-state index contributed by atoms with van der Waals surface area (Å²) in [5.41, 5.74) is 8.71. The van der Waals surface area contributed by atoms with Gasteiger partial charge in [0.1, 0.15) is 5.75 Å². The maximum absolute atomic E-state index is 6.14. The average molecular weight is 334 g/mol. The van der Waals surface area contributed by atoms with E-state index in [1.807, 2.05) is 24.3 Å². The van der Waals surface area contributed by atoms with Crippen molar-refractivity contribution in [3.8, 4) is 5.75 Å². The molecule has 0 aliphatic rings. The fourth-order valence-corrected chi connectivity index (χ4v) is 2.25. The minimum absolute atomic E-state index is 0.133. The summed E-state index contributed by atoms with van der Waals surface area (Å²) in [6.45, 7) is 2.74. The lowest BCUT2D eigenvalue weighted by Crippen LogP contribution is -2.25. The molecule has 2 aromatic rings. The van der Waals surface area contributed by atoms with Crippen LogP contribution in [0, 0.1) is 6.92 Å². The number of aryl methyl sites for hydroxylation is 1. The molecule has 0 radical (unpaired) electrons. The molecular weight excluding hydrogens is 314 g/mol. The maximum atomic E-state index is 6.14. The van der Waals surface area contributed by atoms with Gasteiger partial charge in [-0.05, 0) is 49.6 Å². The van der Waals surface area contributed by atoms with E-state index in [-0.39, 0.29) is 6.04 Å². The highest BCUT2D eigenvalue weighted by atomic mass is 79.9. The molecule has 0 aliphatic heterocycles. The lowest BCUT2D eigenvalue weighted by Gasteiger charge is -2.13. The molecule has 106 valence electrons. The second-order valence-electron chi connectivity index (χ2n) is 5.04. The summed E-state index contributed by atoms with van der Waals surface area (Å²) in [5, 5.41) is 0. The average Bonchev–Trinajstić information content (AvgIpc) is 2.44. The van der Waals surface area contributed by atoms with Crippen LogP contribution in [0.1, 0.15) is 17.5 Å². The summed E-state index contributed by atoms with van der Waals surface area (Å²) >= 11 is 3.40. The molecule has 1 unspecified atom stereocenters. The lowest BCUT2D eigenvalue weighted by molar-refractivity contribution is 0.297. The highest BCUT2D eigenvalue weighted by molar-refractivity contribution is 9.10. The molecule has 0 aromatic heterocycles. The van der Waals surface area contributed by atoms with E-state index >= 15 is 0 Å². The normalized spacial score (nSPS) is 12.2. The lowest BCUT2D eigenvalue weighted by atomic mass is 10.0. The van der Waals surface area contributed by atoms with E-state index in [0.717, 1.165) is 23.1 Å². The maximum Gasteiger partial charge on any atom is 0.119 e. The Bertz CT molecular complexity index is 522. The number of nitrogens with two attached hydrogens (primary N) is 1. The largest absolute Gasteiger partial charge is 0.494 e. The zero-order chi connectivity index (χ0) is 14.4. The van der Waals surface area contributed by atoms with Gasteiger partial charge in [-0.1, -0.05) is 45.8 Å². The van der Waals surface area contributed by atoms with Crippen molar-refractivity contribution in [2.24, 2.45) is 5.73 Å². The van der Waals surface area contributed by atoms with Gasteiger partial charge in [-0.3, -0.25) is 0 Å². The van der Waals surface area contributed by atoms with Gasteiger partial charge >= 0.3 is 0 Å². The van der Waals surface area contributed by atoms with Crippen LogP contribution in [0.3, 0.4) is 0 Å². The predicted octanol–water partition coefficient (Wildman–Crippen LogP) is 4.10. The van der Waals surface area contributed by atoms with Crippen LogP contribution < -0.4 is 10.5 Å². The van der Waals surface area contributed by atoms with Crippen molar-refractivity contribution in [1.82, 2.24) is 0 Å². The Kier molecular flexibility index (Phi) is 5.62. The van der Waals surface area contributed by atoms with E-state index in [0.29, 0.717) is 6.61 Å². The van der Waals surface area contributed by atoms with E-state index in [4.69, 9.17) is 10.5 Å². The topological polar surface area (TPSA) is 35.2 Å². The van der Waals surface area contributed by atoms with Crippen molar-refractivity contribution >= 4 is 15.9 Å². The van der Waals surface area contributed by atoms with Crippen molar-refractivity contribution < 1.29 is 4.74 Å². The van der Waals surface area contributed by atoms with Gasteiger partial charge in [0.15, 0.2) is 0 Å². The van der Waals surface area contributed by atoms with E-state index in [2.05, 4.69) is 47.1 Å². The number of halogens is 1. The molecule has 1 atom stereocenters. The van der Waals surface area contributed by atoms with Gasteiger partial charge in [0.25, 0.3) is 0 Å². The molecule has 20 heavy (non-hydrogen) atoms. The highest BCUT2D eigenvalue weighted by Crippen LogP contribution is 2.16. The first-order valence-electron chi connectivity index (χ1n) is 6.83. The molecule has 0 saturated heterocycles. The van der Waals surface area contributed by atoms with Gasteiger partial charge in [-0.25, -0.2) is 0 Å². The second-order valence-corrected chi connectivity index (χ2v) is 5.96. The number of hydrogen-bond donors (Lipinski definition) is 1. The van der Waals surface area contributed by atoms with Crippen molar-refractivity contribution in [2.45, 2.75) is 25.8 Å². The molecule has 2 aromatic carbocycles. The first-order chi connectivity index (χ1) is 9.63. The van der Waals surface area contributed by atoms with Crippen molar-refractivity contribution in [2.75, 3.05) is 6.61 Å². The smallest absolute Gasteiger partial charge is 0.119 e. The summed E-state index contributed by atoms with van der Waals surface area (Å²) in [6, 6.07) is 16.5. The Hall–Kier alpha value is -1.32. The molecule has 0 heterocycles. The number of hydrogen-bond acceptors (Lipinski definition) is 2. The van der Waals surface area contributed by atoms with Crippen LogP contribution in [0.25, 0.3) is 0 Å². The van der Waals surface area contributed by atoms with Crippen LogP contribution in [0.5, 0.6) is 5.75 Å². The van der Waals surface area contributed by atoms with Crippen molar-refractivity contribution in [3.05, 3.63) is 64.1 Å².